The Morgan fingerprint density at radius 1 is 1.67 bits per heavy atom. The zero-order valence-electron chi connectivity index (χ0n) is 7.50. The molecule has 0 fully saturated rings. The lowest BCUT2D eigenvalue weighted by molar-refractivity contribution is -0.141. The van der Waals surface area contributed by atoms with Gasteiger partial charge in [-0.1, -0.05) is 12.2 Å². The van der Waals surface area contributed by atoms with Crippen molar-refractivity contribution in [2.75, 3.05) is 7.11 Å². The molecule has 0 saturated heterocycles. The van der Waals surface area contributed by atoms with E-state index in [0.29, 0.717) is 6.42 Å². The fourth-order valence-electron chi connectivity index (χ4n) is 0.859. The van der Waals surface area contributed by atoms with Gasteiger partial charge in [-0.05, 0) is 12.8 Å². The van der Waals surface area contributed by atoms with Crippen LogP contribution in [0.2, 0.25) is 0 Å². The fourth-order valence-corrected chi connectivity index (χ4v) is 0.859. The Kier molecular flexibility index (Phi) is 5.00. The van der Waals surface area contributed by atoms with Crippen LogP contribution in [0.25, 0.3) is 0 Å². The van der Waals surface area contributed by atoms with E-state index in [1.165, 1.54) is 7.11 Å². The van der Waals surface area contributed by atoms with Gasteiger partial charge in [-0.2, -0.15) is 0 Å². The highest BCUT2D eigenvalue weighted by Gasteiger charge is 2.13. The van der Waals surface area contributed by atoms with E-state index in [-0.39, 0.29) is 18.3 Å². The second-order valence-electron chi connectivity index (χ2n) is 2.73. The number of esters is 1. The van der Waals surface area contributed by atoms with Crippen LogP contribution in [0, 0.1) is 5.92 Å². The molecule has 0 aromatic carbocycles. The molecule has 0 aromatic rings. The number of rotatable bonds is 5. The van der Waals surface area contributed by atoms with Gasteiger partial charge in [0.1, 0.15) is 6.29 Å². The number of allylic oxidation sites excluding steroid dienone is 1. The van der Waals surface area contributed by atoms with E-state index in [9.17, 15) is 9.59 Å². The van der Waals surface area contributed by atoms with Crippen molar-refractivity contribution in [3.05, 3.63) is 12.2 Å². The number of aldehydes is 1. The summed E-state index contributed by atoms with van der Waals surface area (Å²) < 4.78 is 4.48. The maximum Gasteiger partial charge on any atom is 0.306 e. The van der Waals surface area contributed by atoms with Crippen molar-refractivity contribution in [1.82, 2.24) is 0 Å². The molecule has 0 amide bonds. The number of carbonyl (C=O) groups excluding carboxylic acids is 2. The van der Waals surface area contributed by atoms with E-state index >= 15 is 0 Å². The van der Waals surface area contributed by atoms with Crippen molar-refractivity contribution < 1.29 is 14.3 Å². The molecule has 0 radical (unpaired) electrons. The Bertz CT molecular complexity index is 184. The first-order chi connectivity index (χ1) is 5.61. The average molecular weight is 170 g/mol. The molecule has 0 rings (SSSR count). The average Bonchev–Trinajstić information content (AvgIpc) is 2.03. The number of ether oxygens (including phenoxy) is 1. The summed E-state index contributed by atoms with van der Waals surface area (Å²) in [5.74, 6) is -0.375. The van der Waals surface area contributed by atoms with Gasteiger partial charge < -0.3 is 9.53 Å². The smallest absolute Gasteiger partial charge is 0.306 e. The SMILES string of the molecule is C=C(C)[C@H](CC=O)CC(=O)OC. The minimum Gasteiger partial charge on any atom is -0.469 e. The van der Waals surface area contributed by atoms with Gasteiger partial charge in [0, 0.05) is 6.42 Å². The van der Waals surface area contributed by atoms with Crippen molar-refractivity contribution in [3.63, 3.8) is 0 Å². The Morgan fingerprint density at radius 3 is 2.58 bits per heavy atom. The van der Waals surface area contributed by atoms with Gasteiger partial charge >= 0.3 is 5.97 Å². The molecule has 0 spiro atoms. The Hall–Kier alpha value is -1.12. The van der Waals surface area contributed by atoms with Crippen LogP contribution in [0.5, 0.6) is 0 Å². The fraction of sp³-hybridized carbons (Fsp3) is 0.556. The summed E-state index contributed by atoms with van der Waals surface area (Å²) in [7, 11) is 1.33. The lowest BCUT2D eigenvalue weighted by atomic mass is 9.95. The third-order valence-corrected chi connectivity index (χ3v) is 1.72. The Balaban J connectivity index is 4.03. The third-order valence-electron chi connectivity index (χ3n) is 1.72. The summed E-state index contributed by atoms with van der Waals surface area (Å²) in [6.45, 7) is 5.50. The van der Waals surface area contributed by atoms with Crippen LogP contribution < -0.4 is 0 Å². The topological polar surface area (TPSA) is 43.4 Å². The van der Waals surface area contributed by atoms with Gasteiger partial charge in [-0.15, -0.1) is 0 Å². The quantitative estimate of drug-likeness (QED) is 0.355. The molecule has 12 heavy (non-hydrogen) atoms. The van der Waals surface area contributed by atoms with Crippen molar-refractivity contribution >= 4 is 12.3 Å². The molecular weight excluding hydrogens is 156 g/mol. The van der Waals surface area contributed by atoms with Crippen LogP contribution in [0.4, 0.5) is 0 Å². The molecule has 0 aliphatic rings. The number of hydrogen-bond acceptors (Lipinski definition) is 3. The predicted octanol–water partition coefficient (Wildman–Crippen LogP) is 1.33. The van der Waals surface area contributed by atoms with E-state index in [2.05, 4.69) is 11.3 Å². The molecule has 1 atom stereocenters. The first kappa shape index (κ1) is 10.9. The molecule has 0 N–H and O–H groups in total. The second kappa shape index (κ2) is 5.52. The van der Waals surface area contributed by atoms with Gasteiger partial charge in [-0.3, -0.25) is 4.79 Å². The molecule has 0 aromatic heterocycles. The van der Waals surface area contributed by atoms with Crippen molar-refractivity contribution in [2.24, 2.45) is 5.92 Å². The number of hydrogen-bond donors (Lipinski definition) is 0. The first-order valence-corrected chi connectivity index (χ1v) is 3.77. The highest BCUT2D eigenvalue weighted by Crippen LogP contribution is 2.16. The lowest BCUT2D eigenvalue weighted by Gasteiger charge is -2.11. The first-order valence-electron chi connectivity index (χ1n) is 3.77. The zero-order chi connectivity index (χ0) is 9.56. The maximum atomic E-state index is 10.8. The van der Waals surface area contributed by atoms with Crippen LogP contribution in [0.1, 0.15) is 19.8 Å². The number of methoxy groups -OCH3 is 1. The molecule has 0 aliphatic heterocycles. The van der Waals surface area contributed by atoms with Gasteiger partial charge in [0.15, 0.2) is 0 Å². The van der Waals surface area contributed by atoms with Crippen LogP contribution in [-0.2, 0) is 14.3 Å². The van der Waals surface area contributed by atoms with Gasteiger partial charge in [0.25, 0.3) is 0 Å². The van der Waals surface area contributed by atoms with E-state index in [1.54, 1.807) is 6.92 Å². The van der Waals surface area contributed by atoms with Gasteiger partial charge in [-0.25, -0.2) is 0 Å². The molecule has 68 valence electrons. The summed E-state index contributed by atoms with van der Waals surface area (Å²) in [6, 6.07) is 0. The summed E-state index contributed by atoms with van der Waals surface area (Å²) in [5, 5.41) is 0. The van der Waals surface area contributed by atoms with Crippen LogP contribution in [-0.4, -0.2) is 19.4 Å². The molecule has 0 aliphatic carbocycles. The highest BCUT2D eigenvalue weighted by molar-refractivity contribution is 5.70. The summed E-state index contributed by atoms with van der Waals surface area (Å²) in [5.41, 5.74) is 0.840. The monoisotopic (exact) mass is 170 g/mol. The molecule has 0 saturated carbocycles. The molecule has 0 heterocycles. The van der Waals surface area contributed by atoms with Crippen molar-refractivity contribution in [3.8, 4) is 0 Å². The van der Waals surface area contributed by atoms with E-state index < -0.39 is 0 Å². The normalized spacial score (nSPS) is 11.8. The molecule has 0 unspecified atom stereocenters. The molecule has 3 heteroatoms. The Morgan fingerprint density at radius 2 is 2.25 bits per heavy atom. The minimum atomic E-state index is -0.301. The largest absolute Gasteiger partial charge is 0.469 e. The molecular formula is C9H14O3. The second-order valence-corrected chi connectivity index (χ2v) is 2.73. The van der Waals surface area contributed by atoms with E-state index in [4.69, 9.17) is 0 Å². The minimum absolute atomic E-state index is 0.0741. The van der Waals surface area contributed by atoms with Gasteiger partial charge in [0.2, 0.25) is 0 Å². The van der Waals surface area contributed by atoms with Crippen LogP contribution in [0.3, 0.4) is 0 Å². The third kappa shape index (κ3) is 3.91. The van der Waals surface area contributed by atoms with E-state index in [1.807, 2.05) is 0 Å². The number of carbonyl (C=O) groups is 2. The molecule has 0 bridgehead atoms. The summed E-state index contributed by atoms with van der Waals surface area (Å²) in [4.78, 5) is 21.0. The Labute approximate surface area is 72.4 Å². The zero-order valence-corrected chi connectivity index (χ0v) is 7.50. The lowest BCUT2D eigenvalue weighted by Crippen LogP contribution is -2.11. The predicted molar refractivity (Wildman–Crippen MR) is 45.6 cm³/mol. The van der Waals surface area contributed by atoms with Crippen LogP contribution >= 0.6 is 0 Å². The summed E-state index contributed by atoms with van der Waals surface area (Å²) in [6.07, 6.45) is 1.37. The molecule has 3 nitrogen and oxygen atoms in total. The summed E-state index contributed by atoms with van der Waals surface area (Å²) >= 11 is 0. The van der Waals surface area contributed by atoms with Crippen molar-refractivity contribution in [2.45, 2.75) is 19.8 Å². The standard InChI is InChI=1S/C9H14O3/c1-7(2)8(4-5-10)6-9(11)12-3/h5,8H,1,4,6H2,2-3H3/t8-/m1/s1. The highest BCUT2D eigenvalue weighted by atomic mass is 16.5. The van der Waals surface area contributed by atoms with Gasteiger partial charge in [0.05, 0.1) is 13.5 Å². The maximum absolute atomic E-state index is 10.8. The van der Waals surface area contributed by atoms with E-state index in [0.717, 1.165) is 11.9 Å². The van der Waals surface area contributed by atoms with Crippen LogP contribution in [0.15, 0.2) is 12.2 Å². The van der Waals surface area contributed by atoms with Crippen molar-refractivity contribution in [1.29, 1.82) is 0 Å².